The molecule has 2 fully saturated rings. The van der Waals surface area contributed by atoms with E-state index in [-0.39, 0.29) is 30.2 Å². The standard InChI is InChI=1S/C31H39Br2N5O5/c1-35(2)22-8-12-36(13-9-22)29(40)27(19-20-17-24(32)28(39)25(33)18-20)43-31(42)37-14-10-23(11-15-37)38-16-7-21-5-3-4-6-26(21)34-30(38)41/h3-6,17-18,22-23,27,39H,7-16,19H2,1-2H3,(H,34,41)/t27-/m1/s1. The Bertz CT molecular complexity index is 1320. The number of para-hydroxylation sites is 1. The van der Waals surface area contributed by atoms with Gasteiger partial charge in [-0.3, -0.25) is 4.79 Å². The van der Waals surface area contributed by atoms with Crippen molar-refractivity contribution < 1.29 is 24.2 Å². The SMILES string of the molecule is CN(C)C1CCN(C(=O)[C@@H](Cc2cc(Br)c(O)c(Br)c2)OC(=O)N2CCC(N3CCc4ccccc4NC3=O)CC2)CC1. The highest BCUT2D eigenvalue weighted by molar-refractivity contribution is 9.11. The number of rotatable bonds is 6. The van der Waals surface area contributed by atoms with Gasteiger partial charge in [-0.15, -0.1) is 0 Å². The van der Waals surface area contributed by atoms with Crippen molar-refractivity contribution in [3.8, 4) is 5.75 Å². The minimum Gasteiger partial charge on any atom is -0.506 e. The third kappa shape index (κ3) is 7.46. The summed E-state index contributed by atoms with van der Waals surface area (Å²) >= 11 is 6.72. The largest absolute Gasteiger partial charge is 0.506 e. The van der Waals surface area contributed by atoms with Crippen LogP contribution in [0.2, 0.25) is 0 Å². The molecule has 232 valence electrons. The molecule has 0 bridgehead atoms. The second kappa shape index (κ2) is 13.9. The van der Waals surface area contributed by atoms with Crippen molar-refractivity contribution in [2.24, 2.45) is 0 Å². The van der Waals surface area contributed by atoms with Crippen LogP contribution in [0.25, 0.3) is 0 Å². The molecule has 1 atom stereocenters. The molecule has 2 aromatic rings. The van der Waals surface area contributed by atoms with Crippen LogP contribution in [0.5, 0.6) is 5.75 Å². The summed E-state index contributed by atoms with van der Waals surface area (Å²) in [7, 11) is 4.10. The maximum atomic E-state index is 13.7. The molecular formula is C31H39Br2N5O5. The summed E-state index contributed by atoms with van der Waals surface area (Å²) in [5, 5.41) is 13.2. The summed E-state index contributed by atoms with van der Waals surface area (Å²) in [6.45, 7) is 2.70. The van der Waals surface area contributed by atoms with Gasteiger partial charge in [0.1, 0.15) is 5.75 Å². The number of urea groups is 1. The summed E-state index contributed by atoms with van der Waals surface area (Å²) in [4.78, 5) is 47.7. The zero-order chi connectivity index (χ0) is 30.7. The van der Waals surface area contributed by atoms with Gasteiger partial charge >= 0.3 is 12.1 Å². The van der Waals surface area contributed by atoms with E-state index in [1.165, 1.54) is 0 Å². The van der Waals surface area contributed by atoms with Gasteiger partial charge in [0, 0.05) is 56.9 Å². The molecule has 10 nitrogen and oxygen atoms in total. The molecular weight excluding hydrogens is 682 g/mol. The van der Waals surface area contributed by atoms with E-state index in [1.807, 2.05) is 29.2 Å². The van der Waals surface area contributed by atoms with Crippen LogP contribution in [0.3, 0.4) is 0 Å². The van der Waals surface area contributed by atoms with Gasteiger partial charge in [-0.25, -0.2) is 9.59 Å². The number of phenolic OH excluding ortho intramolecular Hbond substituents is 1. The Balaban J connectivity index is 1.23. The second-order valence-corrected chi connectivity index (χ2v) is 13.5. The van der Waals surface area contributed by atoms with Gasteiger partial charge in [0.15, 0.2) is 6.10 Å². The molecule has 0 radical (unpaired) electrons. The molecule has 2 N–H and O–H groups in total. The first kappa shape index (κ1) is 31.6. The minimum absolute atomic E-state index is 0.0143. The Morgan fingerprint density at radius 1 is 1.00 bits per heavy atom. The summed E-state index contributed by atoms with van der Waals surface area (Å²) in [6.07, 6.45) is 2.41. The number of ether oxygens (including phenoxy) is 1. The average molecular weight is 721 g/mol. The van der Waals surface area contributed by atoms with Crippen LogP contribution in [0.15, 0.2) is 45.3 Å². The van der Waals surface area contributed by atoms with Gasteiger partial charge < -0.3 is 34.8 Å². The Labute approximate surface area is 269 Å². The Morgan fingerprint density at radius 3 is 2.28 bits per heavy atom. The topological polar surface area (TPSA) is 106 Å². The third-order valence-electron chi connectivity index (χ3n) is 8.83. The number of piperidine rings is 2. The van der Waals surface area contributed by atoms with E-state index in [0.29, 0.717) is 60.6 Å². The number of carbonyl (C=O) groups is 3. The number of aromatic hydroxyl groups is 1. The van der Waals surface area contributed by atoms with Crippen LogP contribution in [-0.4, -0.2) is 108 Å². The van der Waals surface area contributed by atoms with Gasteiger partial charge in [0.25, 0.3) is 5.91 Å². The number of anilines is 1. The molecule has 2 aromatic carbocycles. The Morgan fingerprint density at radius 2 is 1.63 bits per heavy atom. The number of nitrogens with zero attached hydrogens (tertiary/aromatic N) is 4. The van der Waals surface area contributed by atoms with Crippen molar-refractivity contribution in [2.45, 2.75) is 56.7 Å². The summed E-state index contributed by atoms with van der Waals surface area (Å²) in [5.74, 6) is -0.138. The lowest BCUT2D eigenvalue weighted by Crippen LogP contribution is -2.52. The number of fused-ring (bicyclic) bond motifs is 1. The predicted molar refractivity (Wildman–Crippen MR) is 171 cm³/mol. The molecule has 5 rings (SSSR count). The maximum absolute atomic E-state index is 13.7. The third-order valence-corrected chi connectivity index (χ3v) is 10.0. The molecule has 0 unspecified atom stereocenters. The van der Waals surface area contributed by atoms with E-state index in [4.69, 9.17) is 4.74 Å². The van der Waals surface area contributed by atoms with E-state index in [1.54, 1.807) is 21.9 Å². The number of halogens is 2. The Hall–Kier alpha value is -2.83. The first-order valence-electron chi connectivity index (χ1n) is 14.8. The quantitative estimate of drug-likeness (QED) is 0.432. The normalized spacial score (nSPS) is 19.1. The van der Waals surface area contributed by atoms with Crippen molar-refractivity contribution >= 4 is 55.6 Å². The number of likely N-dealkylation sites (tertiary alicyclic amines) is 2. The molecule has 12 heteroatoms. The molecule has 0 saturated carbocycles. The first-order chi connectivity index (χ1) is 20.6. The fraction of sp³-hybridized carbons (Fsp3) is 0.516. The van der Waals surface area contributed by atoms with Crippen molar-refractivity contribution in [3.63, 3.8) is 0 Å². The van der Waals surface area contributed by atoms with E-state index >= 15 is 0 Å². The highest BCUT2D eigenvalue weighted by atomic mass is 79.9. The number of nitrogens with one attached hydrogen (secondary N) is 1. The predicted octanol–water partition coefficient (Wildman–Crippen LogP) is 5.07. The van der Waals surface area contributed by atoms with Crippen LogP contribution >= 0.6 is 31.9 Å². The number of benzene rings is 2. The second-order valence-electron chi connectivity index (χ2n) is 11.8. The van der Waals surface area contributed by atoms with E-state index in [2.05, 4.69) is 56.2 Å². The summed E-state index contributed by atoms with van der Waals surface area (Å²) in [5.41, 5.74) is 2.72. The lowest BCUT2D eigenvalue weighted by Gasteiger charge is -2.38. The highest BCUT2D eigenvalue weighted by Crippen LogP contribution is 2.34. The average Bonchev–Trinajstić information content (AvgIpc) is 3.17. The summed E-state index contributed by atoms with van der Waals surface area (Å²) < 4.78 is 6.94. The van der Waals surface area contributed by atoms with Gasteiger partial charge in [-0.05, 0) is 107 Å². The molecule has 43 heavy (non-hydrogen) atoms. The zero-order valence-electron chi connectivity index (χ0n) is 24.6. The van der Waals surface area contributed by atoms with Crippen LogP contribution in [-0.2, 0) is 22.4 Å². The molecule has 4 amide bonds. The maximum Gasteiger partial charge on any atom is 0.410 e. The van der Waals surface area contributed by atoms with Crippen LogP contribution in [0.1, 0.15) is 36.8 Å². The van der Waals surface area contributed by atoms with Crippen molar-refractivity contribution in [1.29, 1.82) is 0 Å². The molecule has 0 aromatic heterocycles. The van der Waals surface area contributed by atoms with Crippen LogP contribution in [0, 0.1) is 0 Å². The molecule has 0 spiro atoms. The highest BCUT2D eigenvalue weighted by Gasteiger charge is 2.35. The van der Waals surface area contributed by atoms with E-state index < -0.39 is 12.2 Å². The smallest absolute Gasteiger partial charge is 0.410 e. The molecule has 2 saturated heterocycles. The van der Waals surface area contributed by atoms with Crippen molar-refractivity contribution in [1.82, 2.24) is 19.6 Å². The van der Waals surface area contributed by atoms with Crippen molar-refractivity contribution in [2.75, 3.05) is 52.1 Å². The van der Waals surface area contributed by atoms with Gasteiger partial charge in [-0.1, -0.05) is 18.2 Å². The number of carbonyl (C=O) groups excluding carboxylic acids is 3. The fourth-order valence-corrected chi connectivity index (χ4v) is 7.51. The number of amides is 4. The van der Waals surface area contributed by atoms with E-state index in [0.717, 1.165) is 36.1 Å². The number of phenols is 1. The van der Waals surface area contributed by atoms with Crippen molar-refractivity contribution in [3.05, 3.63) is 56.5 Å². The van der Waals surface area contributed by atoms with Gasteiger partial charge in [0.05, 0.1) is 8.95 Å². The monoisotopic (exact) mass is 719 g/mol. The first-order valence-corrected chi connectivity index (χ1v) is 16.4. The molecule has 0 aliphatic carbocycles. The summed E-state index contributed by atoms with van der Waals surface area (Å²) in [6, 6.07) is 11.7. The zero-order valence-corrected chi connectivity index (χ0v) is 27.8. The van der Waals surface area contributed by atoms with E-state index in [9.17, 15) is 19.5 Å². The molecule has 3 heterocycles. The van der Waals surface area contributed by atoms with Crippen LogP contribution in [0.4, 0.5) is 15.3 Å². The van der Waals surface area contributed by atoms with Gasteiger partial charge in [-0.2, -0.15) is 0 Å². The lowest BCUT2D eigenvalue weighted by molar-refractivity contribution is -0.142. The molecule has 3 aliphatic rings. The minimum atomic E-state index is -1.00. The molecule has 3 aliphatic heterocycles. The lowest BCUT2D eigenvalue weighted by atomic mass is 10.0. The fourth-order valence-electron chi connectivity index (χ4n) is 6.23. The van der Waals surface area contributed by atoms with Gasteiger partial charge in [0.2, 0.25) is 0 Å². The Kier molecular flexibility index (Phi) is 10.2. The number of hydrogen-bond acceptors (Lipinski definition) is 6. The van der Waals surface area contributed by atoms with Crippen LogP contribution < -0.4 is 5.32 Å². The number of hydrogen-bond donors (Lipinski definition) is 2.